The zero-order chi connectivity index (χ0) is 14.2. The molecule has 0 radical (unpaired) electrons. The van der Waals surface area contributed by atoms with Crippen molar-refractivity contribution in [2.75, 3.05) is 19.8 Å². The number of hydrogen-bond donors (Lipinski definition) is 1. The van der Waals surface area contributed by atoms with Crippen LogP contribution in [0.4, 0.5) is 0 Å². The van der Waals surface area contributed by atoms with Crippen molar-refractivity contribution < 1.29 is 14.0 Å². The summed E-state index contributed by atoms with van der Waals surface area (Å²) in [5, 5.41) is 0. The minimum absolute atomic E-state index is 0.0245. The first-order valence-electron chi connectivity index (χ1n) is 7.45. The summed E-state index contributed by atoms with van der Waals surface area (Å²) in [6, 6.07) is 10.4. The molecule has 2 unspecified atom stereocenters. The molecule has 1 aliphatic carbocycles. The molecule has 5 heteroatoms. The van der Waals surface area contributed by atoms with Crippen molar-refractivity contribution in [3.8, 4) is 0 Å². The first-order chi connectivity index (χ1) is 10.4. The van der Waals surface area contributed by atoms with E-state index >= 15 is 0 Å². The average molecular weight is 283 g/mol. The summed E-state index contributed by atoms with van der Waals surface area (Å²) in [6.45, 7) is 1.63. The number of benzene rings is 1. The Balaban J connectivity index is 1.83. The van der Waals surface area contributed by atoms with Gasteiger partial charge < -0.3 is 19.8 Å². The van der Waals surface area contributed by atoms with Crippen LogP contribution in [-0.4, -0.2) is 39.1 Å². The maximum atomic E-state index is 6.04. The summed E-state index contributed by atoms with van der Waals surface area (Å²) < 4.78 is 17.7. The van der Waals surface area contributed by atoms with Crippen molar-refractivity contribution in [1.82, 2.24) is 0 Å². The van der Waals surface area contributed by atoms with Crippen molar-refractivity contribution in [3.63, 3.8) is 0 Å². The number of nitrogens with two attached hydrogens (primary N) is 1. The van der Waals surface area contributed by atoms with Crippen molar-refractivity contribution in [2.24, 2.45) is 5.73 Å². The van der Waals surface area contributed by atoms with Gasteiger partial charge in [0, 0.05) is 12.4 Å². The van der Waals surface area contributed by atoms with Crippen LogP contribution in [0, 0.1) is 0 Å². The molecule has 0 spiro atoms. The van der Waals surface area contributed by atoms with Gasteiger partial charge in [0.1, 0.15) is 0 Å². The van der Waals surface area contributed by atoms with Gasteiger partial charge in [0.05, 0.1) is 25.4 Å². The lowest BCUT2D eigenvalue weighted by atomic mass is 9.63. The number of ether oxygens (including phenoxy) is 1. The first-order valence-corrected chi connectivity index (χ1v) is 7.45. The normalized spacial score (nSPS) is 31.3. The Labute approximate surface area is 124 Å². The molecule has 1 aromatic carbocycles. The quantitative estimate of drug-likeness (QED) is 0.838. The molecule has 0 amide bonds. The van der Waals surface area contributed by atoms with E-state index in [1.54, 1.807) is 0 Å². The Morgan fingerprint density at radius 3 is 2.86 bits per heavy atom. The Hall–Kier alpha value is -1.40. The van der Waals surface area contributed by atoms with Crippen LogP contribution in [0.15, 0.2) is 48.1 Å². The van der Waals surface area contributed by atoms with Crippen LogP contribution in [0.3, 0.4) is 0 Å². The van der Waals surface area contributed by atoms with E-state index in [0.717, 1.165) is 0 Å². The van der Waals surface area contributed by atoms with Gasteiger partial charge in [-0.1, -0.05) is 42.5 Å². The smallest absolute Gasteiger partial charge is 0.408 e. The highest BCUT2D eigenvalue weighted by Gasteiger charge is 2.51. The van der Waals surface area contributed by atoms with E-state index < -0.39 is 0 Å². The zero-order valence-corrected chi connectivity index (χ0v) is 11.8. The van der Waals surface area contributed by atoms with Crippen molar-refractivity contribution in [1.29, 1.82) is 0 Å². The fourth-order valence-corrected chi connectivity index (χ4v) is 3.49. The van der Waals surface area contributed by atoms with Crippen molar-refractivity contribution >= 4 is 12.7 Å². The summed E-state index contributed by atoms with van der Waals surface area (Å²) >= 11 is 0. The van der Waals surface area contributed by atoms with E-state index in [4.69, 9.17) is 19.8 Å². The molecular weight excluding hydrogens is 265 g/mol. The lowest BCUT2D eigenvalue weighted by Gasteiger charge is -2.27. The second kappa shape index (κ2) is 5.42. The summed E-state index contributed by atoms with van der Waals surface area (Å²) in [5.74, 6) is 0.112. The Bertz CT molecular complexity index is 586. The van der Waals surface area contributed by atoms with Crippen LogP contribution in [0.1, 0.15) is 5.56 Å². The zero-order valence-electron chi connectivity index (χ0n) is 11.8. The number of allylic oxidation sites excluding steroid dienone is 2. The third-order valence-electron chi connectivity index (χ3n) is 4.39. The second-order valence-electron chi connectivity index (χ2n) is 5.55. The summed E-state index contributed by atoms with van der Waals surface area (Å²) in [6.07, 6.45) is 4.20. The molecule has 4 nitrogen and oxygen atoms in total. The minimum Gasteiger partial charge on any atom is -0.408 e. The van der Waals surface area contributed by atoms with E-state index in [1.807, 2.05) is 18.2 Å². The van der Waals surface area contributed by atoms with E-state index in [-0.39, 0.29) is 25.1 Å². The van der Waals surface area contributed by atoms with Gasteiger partial charge in [0.25, 0.3) is 0 Å². The SMILES string of the molecule is NC[C@H]1OB2OCCOC3C=CC(c4ccccc4)=C1C23. The Morgan fingerprint density at radius 1 is 1.19 bits per heavy atom. The molecule has 1 aromatic rings. The van der Waals surface area contributed by atoms with E-state index in [2.05, 4.69) is 24.3 Å². The largest absolute Gasteiger partial charge is 0.468 e. The molecule has 2 N–H and O–H groups in total. The predicted molar refractivity (Wildman–Crippen MR) is 81.6 cm³/mol. The van der Waals surface area contributed by atoms with Gasteiger partial charge in [0.2, 0.25) is 0 Å². The molecule has 2 saturated heterocycles. The molecule has 0 aromatic heterocycles. The maximum absolute atomic E-state index is 6.04. The lowest BCUT2D eigenvalue weighted by Crippen LogP contribution is -2.29. The van der Waals surface area contributed by atoms with Crippen LogP contribution in [-0.2, 0) is 14.0 Å². The van der Waals surface area contributed by atoms with Crippen LogP contribution >= 0.6 is 0 Å². The Morgan fingerprint density at radius 2 is 2.05 bits per heavy atom. The topological polar surface area (TPSA) is 53.7 Å². The fraction of sp³-hybridized carbons (Fsp3) is 0.375. The van der Waals surface area contributed by atoms with Crippen molar-refractivity contribution in [3.05, 3.63) is 53.6 Å². The van der Waals surface area contributed by atoms with E-state index in [1.165, 1.54) is 16.7 Å². The molecule has 2 heterocycles. The van der Waals surface area contributed by atoms with E-state index in [9.17, 15) is 0 Å². The number of hydrogen-bond acceptors (Lipinski definition) is 4. The molecule has 3 atom stereocenters. The van der Waals surface area contributed by atoms with Gasteiger partial charge >= 0.3 is 7.12 Å². The minimum atomic E-state index is -0.246. The Kier molecular flexibility index (Phi) is 3.43. The summed E-state index contributed by atoms with van der Waals surface area (Å²) in [7, 11) is -0.246. The lowest BCUT2D eigenvalue weighted by molar-refractivity contribution is 0.0724. The third-order valence-corrected chi connectivity index (χ3v) is 4.39. The van der Waals surface area contributed by atoms with Gasteiger partial charge in [-0.15, -0.1) is 0 Å². The molecule has 2 fully saturated rings. The first kappa shape index (κ1) is 13.3. The molecule has 3 aliphatic rings. The fourth-order valence-electron chi connectivity index (χ4n) is 3.49. The third kappa shape index (κ3) is 2.17. The van der Waals surface area contributed by atoms with Crippen LogP contribution in [0.25, 0.3) is 5.57 Å². The molecule has 21 heavy (non-hydrogen) atoms. The van der Waals surface area contributed by atoms with Crippen molar-refractivity contribution in [2.45, 2.75) is 18.0 Å². The molecule has 0 saturated carbocycles. The van der Waals surface area contributed by atoms with Crippen LogP contribution < -0.4 is 5.73 Å². The summed E-state index contributed by atoms with van der Waals surface area (Å²) in [4.78, 5) is 0. The van der Waals surface area contributed by atoms with Gasteiger partial charge in [-0.3, -0.25) is 0 Å². The maximum Gasteiger partial charge on any atom is 0.468 e. The van der Waals surface area contributed by atoms with Crippen LogP contribution in [0.2, 0.25) is 5.82 Å². The molecular formula is C16H18BNO3. The van der Waals surface area contributed by atoms with E-state index in [0.29, 0.717) is 19.8 Å². The number of rotatable bonds is 2. The van der Waals surface area contributed by atoms with Gasteiger partial charge in [-0.2, -0.15) is 0 Å². The monoisotopic (exact) mass is 283 g/mol. The molecule has 108 valence electrons. The van der Waals surface area contributed by atoms with Gasteiger partial charge in [0.15, 0.2) is 0 Å². The summed E-state index contributed by atoms with van der Waals surface area (Å²) in [5.41, 5.74) is 9.54. The van der Waals surface area contributed by atoms with Crippen LogP contribution in [0.5, 0.6) is 0 Å². The second-order valence-corrected chi connectivity index (χ2v) is 5.55. The highest BCUT2D eigenvalue weighted by Crippen LogP contribution is 2.47. The molecule has 0 bridgehead atoms. The van der Waals surface area contributed by atoms with Gasteiger partial charge in [-0.05, 0) is 16.7 Å². The average Bonchev–Trinajstić information content (AvgIpc) is 2.78. The highest BCUT2D eigenvalue weighted by molar-refractivity contribution is 6.49. The van der Waals surface area contributed by atoms with Gasteiger partial charge in [-0.25, -0.2) is 0 Å². The predicted octanol–water partition coefficient (Wildman–Crippen LogP) is 1.64. The molecule has 2 aliphatic heterocycles. The standard InChI is InChI=1S/C16H18BNO3/c18-10-14-15-12(11-4-2-1-3-5-11)6-7-13-16(15)17(21-14)20-9-8-19-13/h1-7,13-14,16H,8-10,18H2/t13?,14-,16?/m1/s1. The highest BCUT2D eigenvalue weighted by atomic mass is 16.6. The molecule has 4 rings (SSSR count).